The summed E-state index contributed by atoms with van der Waals surface area (Å²) in [6.45, 7) is 0.285. The van der Waals surface area contributed by atoms with Crippen LogP contribution in [0.25, 0.3) is 10.6 Å². The van der Waals surface area contributed by atoms with Gasteiger partial charge in [-0.2, -0.15) is 0 Å². The molecule has 0 spiro atoms. The van der Waals surface area contributed by atoms with Gasteiger partial charge in [0.1, 0.15) is 5.01 Å². The van der Waals surface area contributed by atoms with Crippen LogP contribution in [0.5, 0.6) is 0 Å². The molecule has 0 aliphatic carbocycles. The molecule has 5 rings (SSSR count). The van der Waals surface area contributed by atoms with Gasteiger partial charge < -0.3 is 10.6 Å². The minimum atomic E-state index is -0.446. The van der Waals surface area contributed by atoms with Crippen LogP contribution in [0.2, 0.25) is 0 Å². The van der Waals surface area contributed by atoms with Crippen LogP contribution in [-0.4, -0.2) is 21.7 Å². The number of hydrogen-bond donors (Lipinski definition) is 2. The Morgan fingerprint density at radius 1 is 1.06 bits per heavy atom. The summed E-state index contributed by atoms with van der Waals surface area (Å²) < 4.78 is 0. The van der Waals surface area contributed by atoms with Gasteiger partial charge in [-0.25, -0.2) is 4.98 Å². The van der Waals surface area contributed by atoms with E-state index in [4.69, 9.17) is 0 Å². The summed E-state index contributed by atoms with van der Waals surface area (Å²) in [6.07, 6.45) is 1.67. The van der Waals surface area contributed by atoms with Crippen LogP contribution in [0.1, 0.15) is 25.6 Å². The topological polar surface area (TPSA) is 114 Å². The smallest absolute Gasteiger partial charge is 0.269 e. The Morgan fingerprint density at radius 2 is 1.85 bits per heavy atom. The van der Waals surface area contributed by atoms with E-state index in [1.807, 2.05) is 24.3 Å². The van der Waals surface area contributed by atoms with Gasteiger partial charge in [-0.05, 0) is 42.5 Å². The fourth-order valence-corrected chi connectivity index (χ4v) is 5.29. The van der Waals surface area contributed by atoms with Crippen molar-refractivity contribution < 1.29 is 14.5 Å². The molecule has 8 nitrogen and oxygen atoms in total. The van der Waals surface area contributed by atoms with Gasteiger partial charge >= 0.3 is 0 Å². The van der Waals surface area contributed by atoms with E-state index in [1.165, 1.54) is 35.2 Å². The molecule has 0 saturated carbocycles. The lowest BCUT2D eigenvalue weighted by Crippen LogP contribution is -2.22. The van der Waals surface area contributed by atoms with E-state index in [1.54, 1.807) is 36.5 Å². The zero-order chi connectivity index (χ0) is 23.7. The second-order valence-electron chi connectivity index (χ2n) is 7.38. The molecule has 1 aliphatic rings. The quantitative estimate of drug-likeness (QED) is 0.289. The lowest BCUT2D eigenvalue weighted by atomic mass is 10.1. The number of benzene rings is 3. The summed E-state index contributed by atoms with van der Waals surface area (Å²) in [5.74, 6) is -0.475. The Bertz CT molecular complexity index is 1430. The Balaban J connectivity index is 1.27. The Hall–Kier alpha value is -4.02. The molecule has 2 N–H and O–H groups in total. The standard InChI is InChI=1S/C24H16N4O4S2/c29-22(25-12-17-13-26-24(33-17)14-5-8-16(9-6-14)28(31)32)15-7-10-21-19(11-15)27-23(30)18-3-1-2-4-20(18)34-21/h1-11,13H,12H2,(H,25,29)(H,27,30). The third kappa shape index (κ3) is 4.41. The zero-order valence-corrected chi connectivity index (χ0v) is 19.1. The number of carbonyl (C=O) groups is 2. The maximum absolute atomic E-state index is 12.8. The molecule has 0 atom stereocenters. The van der Waals surface area contributed by atoms with Crippen molar-refractivity contribution in [2.75, 3.05) is 5.32 Å². The largest absolute Gasteiger partial charge is 0.347 e. The number of rotatable bonds is 5. The van der Waals surface area contributed by atoms with Crippen molar-refractivity contribution in [1.29, 1.82) is 0 Å². The van der Waals surface area contributed by atoms with Crippen LogP contribution in [0, 0.1) is 10.1 Å². The van der Waals surface area contributed by atoms with E-state index in [9.17, 15) is 19.7 Å². The number of nitrogens with one attached hydrogen (secondary N) is 2. The number of nitrogens with zero attached hydrogens (tertiary/aromatic N) is 2. The highest BCUT2D eigenvalue weighted by atomic mass is 32.2. The molecule has 2 heterocycles. The molecule has 0 unspecified atom stereocenters. The second kappa shape index (κ2) is 9.08. The first kappa shape index (κ1) is 21.8. The molecule has 0 saturated heterocycles. The maximum atomic E-state index is 12.8. The first-order chi connectivity index (χ1) is 16.5. The number of fused-ring (bicyclic) bond motifs is 2. The van der Waals surface area contributed by atoms with Crippen LogP contribution in [0.3, 0.4) is 0 Å². The average molecular weight is 489 g/mol. The van der Waals surface area contributed by atoms with Gasteiger partial charge in [-0.3, -0.25) is 19.7 Å². The van der Waals surface area contributed by atoms with Gasteiger partial charge in [0.05, 0.1) is 22.7 Å². The minimum absolute atomic E-state index is 0.0204. The van der Waals surface area contributed by atoms with Gasteiger partial charge in [0.25, 0.3) is 17.5 Å². The van der Waals surface area contributed by atoms with Crippen molar-refractivity contribution in [2.45, 2.75) is 16.3 Å². The van der Waals surface area contributed by atoms with Crippen molar-refractivity contribution in [2.24, 2.45) is 0 Å². The number of thiazole rings is 1. The fraction of sp³-hybridized carbons (Fsp3) is 0.0417. The number of aromatic nitrogens is 1. The van der Waals surface area contributed by atoms with Gasteiger partial charge in [-0.15, -0.1) is 11.3 Å². The van der Waals surface area contributed by atoms with Gasteiger partial charge in [0.15, 0.2) is 0 Å². The predicted octanol–water partition coefficient (Wildman–Crippen LogP) is 5.37. The number of carbonyl (C=O) groups excluding carboxylic acids is 2. The number of hydrogen-bond acceptors (Lipinski definition) is 7. The lowest BCUT2D eigenvalue weighted by Gasteiger charge is -2.09. The van der Waals surface area contributed by atoms with Crippen LogP contribution in [0.4, 0.5) is 11.4 Å². The van der Waals surface area contributed by atoms with Crippen LogP contribution in [0.15, 0.2) is 82.7 Å². The molecule has 0 fully saturated rings. The summed E-state index contributed by atoms with van der Waals surface area (Å²) in [5.41, 5.74) is 2.42. The van der Waals surface area contributed by atoms with Crippen molar-refractivity contribution in [3.63, 3.8) is 0 Å². The minimum Gasteiger partial charge on any atom is -0.347 e. The molecule has 0 radical (unpaired) electrons. The second-order valence-corrected chi connectivity index (χ2v) is 9.58. The molecule has 3 aromatic carbocycles. The maximum Gasteiger partial charge on any atom is 0.269 e. The summed E-state index contributed by atoms with van der Waals surface area (Å²) in [4.78, 5) is 42.6. The Kier molecular flexibility index (Phi) is 5.83. The highest BCUT2D eigenvalue weighted by Crippen LogP contribution is 2.39. The summed E-state index contributed by atoms with van der Waals surface area (Å²) in [6, 6.07) is 18.8. The van der Waals surface area contributed by atoms with Gasteiger partial charge in [0.2, 0.25) is 0 Å². The van der Waals surface area contributed by atoms with Crippen molar-refractivity contribution in [3.05, 3.63) is 99.0 Å². The Labute approximate surface area is 202 Å². The number of nitro benzene ring substituents is 1. The average Bonchev–Trinajstić information content (AvgIpc) is 3.27. The molecule has 0 bridgehead atoms. The predicted molar refractivity (Wildman–Crippen MR) is 130 cm³/mol. The molecule has 1 aromatic heterocycles. The van der Waals surface area contributed by atoms with E-state index in [0.717, 1.165) is 20.2 Å². The third-order valence-corrected chi connectivity index (χ3v) is 7.34. The number of anilines is 1. The molecule has 168 valence electrons. The van der Waals surface area contributed by atoms with Gasteiger partial charge in [-0.1, -0.05) is 23.9 Å². The van der Waals surface area contributed by atoms with E-state index < -0.39 is 4.92 Å². The molecule has 34 heavy (non-hydrogen) atoms. The first-order valence-electron chi connectivity index (χ1n) is 10.2. The molecule has 1 aliphatic heterocycles. The van der Waals surface area contributed by atoms with E-state index in [0.29, 0.717) is 21.8 Å². The first-order valence-corrected chi connectivity index (χ1v) is 11.8. The number of amides is 2. The molecular weight excluding hydrogens is 472 g/mol. The SMILES string of the molecule is O=C(NCc1cnc(-c2ccc([N+](=O)[O-])cc2)s1)c1ccc2c(c1)NC(=O)c1ccccc1S2. The van der Waals surface area contributed by atoms with E-state index in [2.05, 4.69) is 15.6 Å². The summed E-state index contributed by atoms with van der Waals surface area (Å²) in [7, 11) is 0. The highest BCUT2D eigenvalue weighted by Gasteiger charge is 2.20. The normalized spacial score (nSPS) is 12.2. The van der Waals surface area contributed by atoms with E-state index >= 15 is 0 Å². The molecule has 2 amide bonds. The highest BCUT2D eigenvalue weighted by molar-refractivity contribution is 7.99. The molecule has 10 heteroatoms. The zero-order valence-electron chi connectivity index (χ0n) is 17.5. The summed E-state index contributed by atoms with van der Waals surface area (Å²) in [5, 5.41) is 17.3. The summed E-state index contributed by atoms with van der Waals surface area (Å²) >= 11 is 2.88. The Morgan fingerprint density at radius 3 is 2.65 bits per heavy atom. The number of non-ortho nitro benzene ring substituents is 1. The molecular formula is C24H16N4O4S2. The molecule has 4 aromatic rings. The van der Waals surface area contributed by atoms with Crippen LogP contribution < -0.4 is 10.6 Å². The fourth-order valence-electron chi connectivity index (χ4n) is 3.43. The monoisotopic (exact) mass is 488 g/mol. The van der Waals surface area contributed by atoms with Crippen LogP contribution in [-0.2, 0) is 6.54 Å². The third-order valence-electron chi connectivity index (χ3n) is 5.14. The van der Waals surface area contributed by atoms with Gasteiger partial charge in [0, 0.05) is 44.1 Å². The van der Waals surface area contributed by atoms with E-state index in [-0.39, 0.29) is 24.0 Å². The number of nitro groups is 1. The van der Waals surface area contributed by atoms with Crippen molar-refractivity contribution in [3.8, 4) is 10.6 Å². The van der Waals surface area contributed by atoms with Crippen LogP contribution >= 0.6 is 23.1 Å². The lowest BCUT2D eigenvalue weighted by molar-refractivity contribution is -0.384. The van der Waals surface area contributed by atoms with Crippen molar-refractivity contribution >= 4 is 46.3 Å². The van der Waals surface area contributed by atoms with Crippen molar-refractivity contribution in [1.82, 2.24) is 10.3 Å².